The molecule has 0 aromatic heterocycles. The number of nitrogens with one attached hydrogen (secondary N) is 1. The third-order valence-electron chi connectivity index (χ3n) is 3.65. The molecule has 0 atom stereocenters. The summed E-state index contributed by atoms with van der Waals surface area (Å²) in [7, 11) is -2.62. The van der Waals surface area contributed by atoms with Gasteiger partial charge in [0.2, 0.25) is 0 Å². The first kappa shape index (κ1) is 12.9. The van der Waals surface area contributed by atoms with Crippen molar-refractivity contribution < 1.29 is 13.6 Å². The first-order valence-electron chi connectivity index (χ1n) is 6.24. The Balaban J connectivity index is 1.83. The molecule has 6 heteroatoms. The van der Waals surface area contributed by atoms with Crippen LogP contribution in [-0.2, 0) is 13.6 Å². The van der Waals surface area contributed by atoms with Crippen LogP contribution in [0.5, 0.6) is 0 Å². The molecule has 2 aliphatic heterocycles. The number of hydrogen-bond donors (Lipinski definition) is 1. The summed E-state index contributed by atoms with van der Waals surface area (Å²) in [6.45, 7) is 7.97. The summed E-state index contributed by atoms with van der Waals surface area (Å²) < 4.78 is 17.9. The van der Waals surface area contributed by atoms with E-state index >= 15 is 0 Å². The van der Waals surface area contributed by atoms with Gasteiger partial charge in [0, 0.05) is 5.56 Å². The summed E-state index contributed by atoms with van der Waals surface area (Å²) in [4.78, 5) is 0. The van der Waals surface area contributed by atoms with Crippen molar-refractivity contribution in [3.63, 3.8) is 0 Å². The topological polar surface area (TPSA) is 52.1 Å². The summed E-state index contributed by atoms with van der Waals surface area (Å²) in [6, 6.07) is 9.71. The Hall–Kier alpha value is -1.16. The predicted molar refractivity (Wildman–Crippen MR) is 74.4 cm³/mol. The average Bonchev–Trinajstić information content (AvgIpc) is 2.79. The minimum absolute atomic E-state index is 0.435. The number of hydrogen-bond acceptors (Lipinski definition) is 5. The van der Waals surface area contributed by atoms with Crippen LogP contribution in [0.1, 0.15) is 33.3 Å². The Labute approximate surface area is 113 Å². The van der Waals surface area contributed by atoms with Crippen molar-refractivity contribution in [2.45, 2.75) is 38.9 Å². The van der Waals surface area contributed by atoms with E-state index in [1.807, 2.05) is 58.0 Å². The summed E-state index contributed by atoms with van der Waals surface area (Å²) >= 11 is 0. The zero-order valence-corrected chi connectivity index (χ0v) is 12.4. The van der Waals surface area contributed by atoms with E-state index < -0.39 is 19.3 Å². The van der Waals surface area contributed by atoms with E-state index in [9.17, 15) is 0 Å². The number of hydrazone groups is 1. The van der Waals surface area contributed by atoms with E-state index in [0.717, 1.165) is 5.56 Å². The van der Waals surface area contributed by atoms with Gasteiger partial charge in [0.15, 0.2) is 0 Å². The van der Waals surface area contributed by atoms with Crippen LogP contribution in [0.4, 0.5) is 0 Å². The van der Waals surface area contributed by atoms with Crippen molar-refractivity contribution in [2.24, 2.45) is 5.10 Å². The summed E-state index contributed by atoms with van der Waals surface area (Å²) in [5.41, 5.74) is 0.0341. The van der Waals surface area contributed by atoms with Crippen LogP contribution in [-0.4, -0.2) is 17.1 Å². The molecule has 1 fully saturated rings. The molecular weight excluding hydrogens is 263 g/mol. The van der Waals surface area contributed by atoms with Crippen LogP contribution in [0.3, 0.4) is 0 Å². The molecule has 0 saturated carbocycles. The van der Waals surface area contributed by atoms with Gasteiger partial charge in [-0.1, -0.05) is 28.5 Å². The number of nitrogens with zero attached hydrogens (tertiary/aromatic N) is 1. The summed E-state index contributed by atoms with van der Waals surface area (Å²) in [5.74, 6) is 0.516. The lowest BCUT2D eigenvalue weighted by molar-refractivity contribution is 0.00578. The van der Waals surface area contributed by atoms with E-state index in [4.69, 9.17) is 13.6 Å². The molecule has 19 heavy (non-hydrogen) atoms. The largest absolute Gasteiger partial charge is 0.593 e. The molecule has 0 radical (unpaired) electrons. The lowest BCUT2D eigenvalue weighted by Gasteiger charge is -2.23. The third-order valence-corrected chi connectivity index (χ3v) is 5.80. The van der Waals surface area contributed by atoms with Crippen LogP contribution in [0.2, 0.25) is 0 Å². The maximum atomic E-state index is 6.01. The van der Waals surface area contributed by atoms with E-state index in [1.165, 1.54) is 0 Å². The molecule has 2 aliphatic rings. The fourth-order valence-corrected chi connectivity index (χ4v) is 4.34. The second-order valence-corrected chi connectivity index (χ2v) is 7.42. The first-order chi connectivity index (χ1) is 8.84. The highest BCUT2D eigenvalue weighted by Gasteiger charge is 2.71. The fraction of sp³-hybridized carbons (Fsp3) is 0.462. The van der Waals surface area contributed by atoms with Crippen LogP contribution >= 0.6 is 8.09 Å². The van der Waals surface area contributed by atoms with Gasteiger partial charge in [0.25, 0.3) is 0 Å². The Morgan fingerprint density at radius 1 is 1.00 bits per heavy atom. The Kier molecular flexibility index (Phi) is 2.65. The summed E-state index contributed by atoms with van der Waals surface area (Å²) in [6.07, 6.45) is 0. The van der Waals surface area contributed by atoms with E-state index in [-0.39, 0.29) is 0 Å². The molecule has 2 heterocycles. The van der Waals surface area contributed by atoms with Gasteiger partial charge in [-0.05, 0) is 39.8 Å². The smallest absolute Gasteiger partial charge is 0.242 e. The molecule has 1 spiro atoms. The molecule has 1 aromatic rings. The van der Waals surface area contributed by atoms with Crippen LogP contribution in [0.25, 0.3) is 0 Å². The van der Waals surface area contributed by atoms with Crippen molar-refractivity contribution in [1.82, 2.24) is 5.20 Å². The molecular formula is C13H18N2O3P+. The number of benzene rings is 1. The van der Waals surface area contributed by atoms with E-state index in [2.05, 4.69) is 10.3 Å². The highest BCUT2D eigenvalue weighted by atomic mass is 31.2. The highest BCUT2D eigenvalue weighted by Crippen LogP contribution is 2.72. The maximum Gasteiger partial charge on any atom is 0.593 e. The van der Waals surface area contributed by atoms with Gasteiger partial charge >= 0.3 is 14.0 Å². The van der Waals surface area contributed by atoms with Gasteiger partial charge in [-0.3, -0.25) is 0 Å². The van der Waals surface area contributed by atoms with Crippen molar-refractivity contribution in [3.8, 4) is 0 Å². The van der Waals surface area contributed by atoms with Gasteiger partial charge in [0.1, 0.15) is 11.2 Å². The van der Waals surface area contributed by atoms with Gasteiger partial charge in [-0.25, -0.2) is 4.52 Å². The predicted octanol–water partition coefficient (Wildman–Crippen LogP) is 3.25. The molecule has 1 aromatic carbocycles. The minimum Gasteiger partial charge on any atom is -0.242 e. The van der Waals surface area contributed by atoms with Gasteiger partial charge in [-0.2, -0.15) is 0 Å². The van der Waals surface area contributed by atoms with Gasteiger partial charge in [-0.15, -0.1) is 9.05 Å². The second kappa shape index (κ2) is 3.92. The van der Waals surface area contributed by atoms with Gasteiger partial charge < -0.3 is 0 Å². The SMILES string of the molecule is CC1(C)O[P+]2(NN=C(c3ccccc3)O2)OC1(C)C. The molecule has 102 valence electrons. The van der Waals surface area contributed by atoms with Crippen LogP contribution in [0, 0.1) is 0 Å². The lowest BCUT2D eigenvalue weighted by atomic mass is 9.90. The van der Waals surface area contributed by atoms with E-state index in [1.54, 1.807) is 0 Å². The molecule has 0 amide bonds. The second-order valence-electron chi connectivity index (χ2n) is 5.67. The number of rotatable bonds is 1. The highest BCUT2D eigenvalue weighted by molar-refractivity contribution is 7.60. The fourth-order valence-electron chi connectivity index (χ4n) is 1.88. The zero-order valence-electron chi connectivity index (χ0n) is 11.5. The van der Waals surface area contributed by atoms with Gasteiger partial charge in [0.05, 0.1) is 0 Å². The standard InChI is InChI=1S/C13H18N2O3P/c1-12(2)13(3,4)18-19(17-12)15-14-11(16-19)10-8-6-5-7-9-10/h5-9,15H,1-4H3/q+1. The van der Waals surface area contributed by atoms with Crippen LogP contribution in [0.15, 0.2) is 35.4 Å². The monoisotopic (exact) mass is 281 g/mol. The van der Waals surface area contributed by atoms with Crippen molar-refractivity contribution in [2.75, 3.05) is 0 Å². The Morgan fingerprint density at radius 3 is 2.16 bits per heavy atom. The van der Waals surface area contributed by atoms with Crippen LogP contribution < -0.4 is 5.20 Å². The molecule has 0 aliphatic carbocycles. The Morgan fingerprint density at radius 2 is 1.58 bits per heavy atom. The molecule has 5 nitrogen and oxygen atoms in total. The third kappa shape index (κ3) is 2.02. The molecule has 0 bridgehead atoms. The molecule has 3 rings (SSSR count). The average molecular weight is 281 g/mol. The molecule has 1 saturated heterocycles. The quantitative estimate of drug-likeness (QED) is 0.803. The van der Waals surface area contributed by atoms with Crippen molar-refractivity contribution in [1.29, 1.82) is 0 Å². The zero-order chi connectivity index (χ0) is 13.7. The maximum absolute atomic E-state index is 6.01. The normalized spacial score (nSPS) is 25.8. The molecule has 1 N–H and O–H groups in total. The Bertz CT molecular complexity index is 512. The first-order valence-corrected chi connectivity index (χ1v) is 7.78. The van der Waals surface area contributed by atoms with Crippen molar-refractivity contribution >= 4 is 14.0 Å². The summed E-state index contributed by atoms with van der Waals surface area (Å²) in [5, 5.41) is 7.14. The minimum atomic E-state index is -2.62. The molecule has 0 unspecified atom stereocenters. The lowest BCUT2D eigenvalue weighted by Crippen LogP contribution is -2.41. The van der Waals surface area contributed by atoms with Crippen molar-refractivity contribution in [3.05, 3.63) is 35.9 Å². The van der Waals surface area contributed by atoms with E-state index in [0.29, 0.717) is 5.90 Å².